The van der Waals surface area contributed by atoms with Crippen molar-refractivity contribution in [3.63, 3.8) is 0 Å². The predicted octanol–water partition coefficient (Wildman–Crippen LogP) is 3.29. The molecule has 4 heterocycles. The molecule has 7 heteroatoms. The van der Waals surface area contributed by atoms with Crippen LogP contribution in [0.25, 0.3) is 0 Å². The normalized spacial score (nSPS) is 15.1. The summed E-state index contributed by atoms with van der Waals surface area (Å²) in [5.41, 5.74) is 6.55. The van der Waals surface area contributed by atoms with Crippen LogP contribution in [0.15, 0.2) is 42.7 Å². The van der Waals surface area contributed by atoms with E-state index in [0.717, 1.165) is 48.8 Å². The minimum absolute atomic E-state index is 0.627. The summed E-state index contributed by atoms with van der Waals surface area (Å²) in [7, 11) is 0. The molecular formula is C21H22N6O. The first-order valence-corrected chi connectivity index (χ1v) is 9.56. The van der Waals surface area contributed by atoms with E-state index in [2.05, 4.69) is 32.4 Å². The molecule has 2 aliphatic rings. The van der Waals surface area contributed by atoms with E-state index in [4.69, 9.17) is 9.72 Å². The Balaban J connectivity index is 1.41. The molecule has 1 aromatic carbocycles. The van der Waals surface area contributed by atoms with Gasteiger partial charge in [-0.2, -0.15) is 0 Å². The van der Waals surface area contributed by atoms with Crippen molar-refractivity contribution in [1.82, 2.24) is 15.0 Å². The summed E-state index contributed by atoms with van der Waals surface area (Å²) in [5, 5.41) is 6.70. The van der Waals surface area contributed by atoms with Crippen molar-refractivity contribution in [2.75, 3.05) is 35.2 Å². The second-order valence-electron chi connectivity index (χ2n) is 7.05. The number of fused-ring (bicyclic) bond motifs is 2. The van der Waals surface area contributed by atoms with Gasteiger partial charge in [-0.05, 0) is 31.0 Å². The summed E-state index contributed by atoms with van der Waals surface area (Å²) in [6.45, 7) is 5.25. The first-order valence-electron chi connectivity index (χ1n) is 9.56. The molecule has 2 N–H and O–H groups in total. The molecule has 0 fully saturated rings. The van der Waals surface area contributed by atoms with Crippen LogP contribution in [0.3, 0.4) is 0 Å². The van der Waals surface area contributed by atoms with E-state index < -0.39 is 0 Å². The van der Waals surface area contributed by atoms with Gasteiger partial charge in [0.1, 0.15) is 12.3 Å². The van der Waals surface area contributed by atoms with Crippen LogP contribution in [0, 0.1) is 6.92 Å². The number of para-hydroxylation sites is 1. The lowest BCUT2D eigenvalue weighted by Gasteiger charge is -2.32. The average Bonchev–Trinajstić information content (AvgIpc) is 2.74. The van der Waals surface area contributed by atoms with Crippen molar-refractivity contribution in [2.45, 2.75) is 19.9 Å². The second-order valence-corrected chi connectivity index (χ2v) is 7.05. The zero-order chi connectivity index (χ0) is 18.9. The number of hydrogen-bond acceptors (Lipinski definition) is 7. The Morgan fingerprint density at radius 2 is 2.04 bits per heavy atom. The molecule has 2 aromatic heterocycles. The van der Waals surface area contributed by atoms with Gasteiger partial charge < -0.3 is 20.3 Å². The lowest BCUT2D eigenvalue weighted by molar-refractivity contribution is 0.310. The number of benzene rings is 1. The fourth-order valence-electron chi connectivity index (χ4n) is 3.75. The van der Waals surface area contributed by atoms with E-state index in [1.807, 2.05) is 42.7 Å². The molecule has 5 rings (SSSR count). The van der Waals surface area contributed by atoms with Gasteiger partial charge in [0.2, 0.25) is 11.8 Å². The maximum absolute atomic E-state index is 5.65. The Bertz CT molecular complexity index is 1010. The zero-order valence-electron chi connectivity index (χ0n) is 15.8. The number of ether oxygens (including phenoxy) is 1. The van der Waals surface area contributed by atoms with Crippen molar-refractivity contribution in [3.05, 3.63) is 59.5 Å². The topological polar surface area (TPSA) is 75.2 Å². The molecule has 142 valence electrons. The Labute approximate surface area is 163 Å². The first kappa shape index (κ1) is 16.8. The highest BCUT2D eigenvalue weighted by molar-refractivity contribution is 5.70. The lowest BCUT2D eigenvalue weighted by Crippen LogP contribution is -2.32. The summed E-state index contributed by atoms with van der Waals surface area (Å²) in [6.07, 6.45) is 4.77. The number of hydrogen-bond donors (Lipinski definition) is 2. The minimum Gasteiger partial charge on any atom is -0.474 e. The van der Waals surface area contributed by atoms with Crippen molar-refractivity contribution >= 4 is 23.0 Å². The van der Waals surface area contributed by atoms with Crippen LogP contribution in [-0.4, -0.2) is 34.6 Å². The number of pyridine rings is 1. The van der Waals surface area contributed by atoms with E-state index in [9.17, 15) is 0 Å². The predicted molar refractivity (Wildman–Crippen MR) is 109 cm³/mol. The molecule has 0 saturated heterocycles. The molecule has 0 spiro atoms. The van der Waals surface area contributed by atoms with Crippen molar-refractivity contribution < 1.29 is 4.74 Å². The molecule has 7 nitrogen and oxygen atoms in total. The Morgan fingerprint density at radius 1 is 1.14 bits per heavy atom. The van der Waals surface area contributed by atoms with Crippen LogP contribution >= 0.6 is 0 Å². The van der Waals surface area contributed by atoms with Gasteiger partial charge in [-0.15, -0.1) is 0 Å². The molecule has 0 amide bonds. The number of nitrogens with one attached hydrogen (secondary N) is 2. The van der Waals surface area contributed by atoms with Crippen LogP contribution in [0.1, 0.15) is 16.8 Å². The van der Waals surface area contributed by atoms with Gasteiger partial charge in [0, 0.05) is 30.5 Å². The van der Waals surface area contributed by atoms with Crippen LogP contribution in [-0.2, 0) is 13.0 Å². The van der Waals surface area contributed by atoms with Gasteiger partial charge in [-0.25, -0.2) is 15.0 Å². The van der Waals surface area contributed by atoms with Gasteiger partial charge in [0.05, 0.1) is 24.1 Å². The van der Waals surface area contributed by atoms with Gasteiger partial charge in [-0.3, -0.25) is 0 Å². The lowest BCUT2D eigenvalue weighted by atomic mass is 10.0. The molecule has 0 atom stereocenters. The molecule has 0 saturated carbocycles. The van der Waals surface area contributed by atoms with Gasteiger partial charge >= 0.3 is 0 Å². The van der Waals surface area contributed by atoms with Crippen LogP contribution < -0.4 is 20.3 Å². The van der Waals surface area contributed by atoms with Crippen LogP contribution in [0.5, 0.6) is 5.88 Å². The third-order valence-corrected chi connectivity index (χ3v) is 5.24. The number of nitrogens with zero attached hydrogens (tertiary/aromatic N) is 4. The van der Waals surface area contributed by atoms with Crippen molar-refractivity contribution in [2.24, 2.45) is 0 Å². The number of anilines is 4. The smallest absolute Gasteiger partial charge is 0.237 e. The number of rotatable bonds is 3. The quantitative estimate of drug-likeness (QED) is 0.728. The largest absolute Gasteiger partial charge is 0.474 e. The molecule has 0 aliphatic carbocycles. The van der Waals surface area contributed by atoms with E-state index in [1.54, 1.807) is 0 Å². The maximum atomic E-state index is 5.65. The summed E-state index contributed by atoms with van der Waals surface area (Å²) < 4.78 is 5.65. The molecule has 0 bridgehead atoms. The zero-order valence-corrected chi connectivity index (χ0v) is 15.8. The van der Waals surface area contributed by atoms with Gasteiger partial charge in [0.15, 0.2) is 0 Å². The van der Waals surface area contributed by atoms with Crippen molar-refractivity contribution in [1.29, 1.82) is 0 Å². The fraction of sp³-hybridized carbons (Fsp3) is 0.286. The number of aromatic nitrogens is 3. The molecule has 2 aliphatic heterocycles. The molecule has 0 unspecified atom stereocenters. The van der Waals surface area contributed by atoms with Crippen LogP contribution in [0.2, 0.25) is 0 Å². The van der Waals surface area contributed by atoms with E-state index in [-0.39, 0.29) is 0 Å². The molecule has 0 radical (unpaired) electrons. The standard InChI is InChI=1S/C21H22N6O/c1-14-18(12-23-20-19(14)22-8-10-28-20)27-9-7-15-11-24-21(26-17(15)13-27)25-16-5-3-2-4-6-16/h2-6,11-12,22H,7-10,13H2,1H3,(H,24,25,26). The average molecular weight is 374 g/mol. The Hall–Kier alpha value is -3.35. The minimum atomic E-state index is 0.627. The SMILES string of the molecule is Cc1c(N2CCc3cnc(Nc4ccccc4)nc3C2)cnc2c1NCCO2. The molecule has 3 aromatic rings. The Morgan fingerprint density at radius 3 is 2.93 bits per heavy atom. The first-order chi connectivity index (χ1) is 13.8. The van der Waals surface area contributed by atoms with Crippen LogP contribution in [0.4, 0.5) is 23.0 Å². The third-order valence-electron chi connectivity index (χ3n) is 5.24. The van der Waals surface area contributed by atoms with Gasteiger partial charge in [0.25, 0.3) is 0 Å². The van der Waals surface area contributed by atoms with Crippen molar-refractivity contribution in [3.8, 4) is 5.88 Å². The maximum Gasteiger partial charge on any atom is 0.237 e. The fourth-order valence-corrected chi connectivity index (χ4v) is 3.75. The molecule has 28 heavy (non-hydrogen) atoms. The summed E-state index contributed by atoms with van der Waals surface area (Å²) in [4.78, 5) is 16.1. The van der Waals surface area contributed by atoms with E-state index >= 15 is 0 Å². The highest BCUT2D eigenvalue weighted by Crippen LogP contribution is 2.36. The van der Waals surface area contributed by atoms with E-state index in [1.165, 1.54) is 11.1 Å². The van der Waals surface area contributed by atoms with E-state index in [0.29, 0.717) is 18.4 Å². The van der Waals surface area contributed by atoms with Gasteiger partial charge in [-0.1, -0.05) is 18.2 Å². The third kappa shape index (κ3) is 3.09. The molecular weight excluding hydrogens is 352 g/mol. The summed E-state index contributed by atoms with van der Waals surface area (Å²) in [5.74, 6) is 1.32. The highest BCUT2D eigenvalue weighted by Gasteiger charge is 2.23. The Kier molecular flexibility index (Phi) is 4.20. The second kappa shape index (κ2) is 6.99. The highest BCUT2D eigenvalue weighted by atomic mass is 16.5. The summed E-state index contributed by atoms with van der Waals surface area (Å²) in [6, 6.07) is 9.99. The monoisotopic (exact) mass is 374 g/mol. The summed E-state index contributed by atoms with van der Waals surface area (Å²) >= 11 is 0.